The molecule has 2 amide bonds. The normalized spacial score (nSPS) is 12.7. The van der Waals surface area contributed by atoms with E-state index in [4.69, 9.17) is 14.2 Å². The topological polar surface area (TPSA) is 107 Å². The van der Waals surface area contributed by atoms with Crippen molar-refractivity contribution in [3.05, 3.63) is 22.5 Å². The summed E-state index contributed by atoms with van der Waals surface area (Å²) in [6.45, 7) is 3.56. The Labute approximate surface area is 173 Å². The van der Waals surface area contributed by atoms with Gasteiger partial charge in [-0.3, -0.25) is 5.32 Å². The van der Waals surface area contributed by atoms with Crippen molar-refractivity contribution in [2.24, 2.45) is 5.92 Å². The van der Waals surface area contributed by atoms with Gasteiger partial charge < -0.3 is 19.5 Å². The van der Waals surface area contributed by atoms with Crippen LogP contribution in [0.4, 0.5) is 9.93 Å². The van der Waals surface area contributed by atoms with Crippen LogP contribution in [0.3, 0.4) is 0 Å². The van der Waals surface area contributed by atoms with Crippen LogP contribution in [0, 0.1) is 24.7 Å². The van der Waals surface area contributed by atoms with Gasteiger partial charge in [-0.1, -0.05) is 11.3 Å². The van der Waals surface area contributed by atoms with E-state index in [0.717, 1.165) is 17.2 Å². The van der Waals surface area contributed by atoms with Crippen LogP contribution in [-0.4, -0.2) is 55.0 Å². The smallest absolute Gasteiger partial charge is 0.321 e. The largest absolute Gasteiger partial charge is 0.477 e. The summed E-state index contributed by atoms with van der Waals surface area (Å²) >= 11 is 1.29. The van der Waals surface area contributed by atoms with Gasteiger partial charge in [0.15, 0.2) is 5.13 Å². The van der Waals surface area contributed by atoms with Gasteiger partial charge in [0.05, 0.1) is 32.7 Å². The molecule has 2 aromatic heterocycles. The first kappa shape index (κ1) is 20.8. The van der Waals surface area contributed by atoms with Crippen molar-refractivity contribution in [1.82, 2.24) is 20.3 Å². The summed E-state index contributed by atoms with van der Waals surface area (Å²) in [6, 6.07) is -0.320. The van der Waals surface area contributed by atoms with Crippen LogP contribution in [0.2, 0.25) is 0 Å². The first-order valence-corrected chi connectivity index (χ1v) is 9.97. The Balaban J connectivity index is 1.53. The summed E-state index contributed by atoms with van der Waals surface area (Å²) in [7, 11) is 2.98. The van der Waals surface area contributed by atoms with Gasteiger partial charge in [0.25, 0.3) is 11.8 Å². The van der Waals surface area contributed by atoms with Crippen molar-refractivity contribution >= 4 is 22.5 Å². The van der Waals surface area contributed by atoms with Crippen LogP contribution in [0.1, 0.15) is 29.1 Å². The summed E-state index contributed by atoms with van der Waals surface area (Å²) in [4.78, 5) is 25.4. The number of rotatable bonds is 8. The molecule has 0 bridgehead atoms. The third kappa shape index (κ3) is 6.30. The third-order valence-corrected chi connectivity index (χ3v) is 4.99. The Bertz CT molecular complexity index is 917. The second kappa shape index (κ2) is 10.0. The molecule has 0 saturated heterocycles. The fourth-order valence-electron chi connectivity index (χ4n) is 2.29. The van der Waals surface area contributed by atoms with E-state index in [9.17, 15) is 4.79 Å². The summed E-state index contributed by atoms with van der Waals surface area (Å²) in [5.74, 6) is 7.20. The summed E-state index contributed by atoms with van der Waals surface area (Å²) in [5, 5.41) is 5.94. The quantitative estimate of drug-likeness (QED) is 0.501. The van der Waals surface area contributed by atoms with Crippen LogP contribution in [0.25, 0.3) is 0 Å². The molecule has 29 heavy (non-hydrogen) atoms. The summed E-state index contributed by atoms with van der Waals surface area (Å²) < 4.78 is 15.7. The fraction of sp³-hybridized carbons (Fsp3) is 0.474. The Morgan fingerprint density at radius 3 is 2.76 bits per heavy atom. The van der Waals surface area contributed by atoms with E-state index in [-0.39, 0.29) is 11.9 Å². The number of thiazole rings is 1. The van der Waals surface area contributed by atoms with Crippen molar-refractivity contribution < 1.29 is 19.0 Å². The standard InChI is InChI=1S/C19H23N5O4S/c1-12-15(7-6-14-10-21-16(26-2)17(23-14)27-3)29-19(22-12)24-18(25)20-8-9-28-11-13-4-5-13/h10,13H,4-5,8-9,11H2,1-3H3,(H2,20,22,24,25). The lowest BCUT2D eigenvalue weighted by molar-refractivity contribution is 0.127. The number of anilines is 1. The van der Waals surface area contributed by atoms with Gasteiger partial charge >= 0.3 is 6.03 Å². The molecule has 2 heterocycles. The van der Waals surface area contributed by atoms with Crippen molar-refractivity contribution in [2.75, 3.05) is 39.3 Å². The van der Waals surface area contributed by atoms with E-state index in [1.54, 1.807) is 0 Å². The molecule has 1 fully saturated rings. The second-order valence-corrected chi connectivity index (χ2v) is 7.36. The maximum atomic E-state index is 12.0. The van der Waals surface area contributed by atoms with Gasteiger partial charge in [-0.2, -0.15) is 4.98 Å². The molecule has 2 N–H and O–H groups in total. The number of ether oxygens (including phenoxy) is 3. The van der Waals surface area contributed by atoms with Gasteiger partial charge in [0.1, 0.15) is 10.6 Å². The van der Waals surface area contributed by atoms with Gasteiger partial charge in [-0.25, -0.2) is 14.8 Å². The maximum Gasteiger partial charge on any atom is 0.321 e. The summed E-state index contributed by atoms with van der Waals surface area (Å²) in [6.07, 6.45) is 4.00. The Morgan fingerprint density at radius 1 is 1.24 bits per heavy atom. The van der Waals surface area contributed by atoms with Gasteiger partial charge in [-0.15, -0.1) is 0 Å². The minimum Gasteiger partial charge on any atom is -0.477 e. The minimum absolute atomic E-state index is 0.264. The molecular weight excluding hydrogens is 394 g/mol. The predicted molar refractivity (Wildman–Crippen MR) is 109 cm³/mol. The van der Waals surface area contributed by atoms with E-state index < -0.39 is 0 Å². The first-order valence-electron chi connectivity index (χ1n) is 9.16. The molecule has 0 unspecified atom stereocenters. The average molecular weight is 417 g/mol. The maximum absolute atomic E-state index is 12.0. The minimum atomic E-state index is -0.320. The molecule has 154 valence electrons. The van der Waals surface area contributed by atoms with Crippen LogP contribution < -0.4 is 20.1 Å². The zero-order valence-corrected chi connectivity index (χ0v) is 17.4. The van der Waals surface area contributed by atoms with Crippen LogP contribution >= 0.6 is 11.3 Å². The lowest BCUT2D eigenvalue weighted by atomic mass is 10.3. The molecule has 0 aliphatic heterocycles. The Hall–Kier alpha value is -2.90. The monoisotopic (exact) mass is 417 g/mol. The average Bonchev–Trinajstić information content (AvgIpc) is 3.48. The number of carbonyl (C=O) groups is 1. The molecule has 1 aliphatic carbocycles. The molecule has 0 radical (unpaired) electrons. The first-order chi connectivity index (χ1) is 14.1. The number of amides is 2. The zero-order chi connectivity index (χ0) is 20.6. The molecule has 0 spiro atoms. The zero-order valence-electron chi connectivity index (χ0n) is 16.6. The molecule has 10 heteroatoms. The van der Waals surface area contributed by atoms with Crippen molar-refractivity contribution in [3.8, 4) is 23.6 Å². The molecule has 1 aliphatic rings. The number of hydrogen-bond acceptors (Lipinski definition) is 8. The number of methoxy groups -OCH3 is 2. The van der Waals surface area contributed by atoms with Gasteiger partial charge in [-0.05, 0) is 37.5 Å². The molecule has 3 rings (SSSR count). The van der Waals surface area contributed by atoms with E-state index in [1.807, 2.05) is 6.92 Å². The number of carbonyl (C=O) groups excluding carboxylic acids is 1. The molecular formula is C19H23N5O4S. The van der Waals surface area contributed by atoms with E-state index >= 15 is 0 Å². The van der Waals surface area contributed by atoms with Crippen LogP contribution in [0.5, 0.6) is 11.8 Å². The molecule has 1 saturated carbocycles. The second-order valence-electron chi connectivity index (χ2n) is 6.36. The summed E-state index contributed by atoms with van der Waals surface area (Å²) in [5.41, 5.74) is 1.16. The Kier molecular flexibility index (Phi) is 7.21. The Morgan fingerprint density at radius 2 is 2.03 bits per heavy atom. The highest BCUT2D eigenvalue weighted by molar-refractivity contribution is 7.16. The van der Waals surface area contributed by atoms with Crippen molar-refractivity contribution in [2.45, 2.75) is 19.8 Å². The van der Waals surface area contributed by atoms with Gasteiger partial charge in [0, 0.05) is 13.2 Å². The lowest BCUT2D eigenvalue weighted by Crippen LogP contribution is -2.31. The van der Waals surface area contributed by atoms with Gasteiger partial charge in [0.2, 0.25) is 0 Å². The number of nitrogens with one attached hydrogen (secondary N) is 2. The third-order valence-electron chi connectivity index (χ3n) is 4.00. The van der Waals surface area contributed by atoms with Crippen LogP contribution in [0.15, 0.2) is 6.20 Å². The number of urea groups is 1. The van der Waals surface area contributed by atoms with E-state index in [2.05, 4.69) is 37.4 Å². The SMILES string of the molecule is COc1ncc(C#Cc2sc(NC(=O)NCCOCC3CC3)nc2C)nc1OC. The highest BCUT2D eigenvalue weighted by atomic mass is 32.1. The molecule has 9 nitrogen and oxygen atoms in total. The van der Waals surface area contributed by atoms with Crippen molar-refractivity contribution in [1.29, 1.82) is 0 Å². The molecule has 0 aromatic carbocycles. The number of nitrogens with zero attached hydrogens (tertiary/aromatic N) is 3. The lowest BCUT2D eigenvalue weighted by Gasteiger charge is -2.05. The van der Waals surface area contributed by atoms with Crippen molar-refractivity contribution in [3.63, 3.8) is 0 Å². The number of aromatic nitrogens is 3. The highest BCUT2D eigenvalue weighted by Gasteiger charge is 2.20. The van der Waals surface area contributed by atoms with E-state index in [1.165, 1.54) is 44.6 Å². The molecule has 2 aromatic rings. The predicted octanol–water partition coefficient (Wildman–Crippen LogP) is 2.21. The van der Waals surface area contributed by atoms with Crippen LogP contribution in [-0.2, 0) is 4.74 Å². The number of aryl methyl sites for hydroxylation is 1. The van der Waals surface area contributed by atoms with E-state index in [0.29, 0.717) is 35.8 Å². The molecule has 0 atom stereocenters. The fourth-order valence-corrected chi connectivity index (χ4v) is 3.11. The number of hydrogen-bond donors (Lipinski definition) is 2. The highest BCUT2D eigenvalue weighted by Crippen LogP contribution is 2.28.